The minimum Gasteiger partial charge on any atom is -0.381 e. The van der Waals surface area contributed by atoms with Crippen LogP contribution in [0.1, 0.15) is 24.0 Å². The van der Waals surface area contributed by atoms with Gasteiger partial charge in [0.2, 0.25) is 0 Å². The van der Waals surface area contributed by atoms with Crippen molar-refractivity contribution in [2.75, 3.05) is 13.2 Å². The number of hydrogen-bond donors (Lipinski definition) is 0. The molecule has 23 heavy (non-hydrogen) atoms. The summed E-state index contributed by atoms with van der Waals surface area (Å²) >= 11 is 0. The molecule has 0 aliphatic carbocycles. The van der Waals surface area contributed by atoms with Gasteiger partial charge in [0.1, 0.15) is 0 Å². The van der Waals surface area contributed by atoms with Crippen molar-refractivity contribution in [1.82, 2.24) is 9.13 Å². The summed E-state index contributed by atoms with van der Waals surface area (Å²) in [5.74, 6) is 0.401. The van der Waals surface area contributed by atoms with Crippen LogP contribution in [-0.4, -0.2) is 22.3 Å². The molecule has 5 nitrogen and oxygen atoms in total. The first-order valence-corrected chi connectivity index (χ1v) is 8.04. The SMILES string of the molecule is Cc1ccc(-n2ccn(CC3CCOCC3)c(=O)c2=O)c(C)c1. The van der Waals surface area contributed by atoms with Crippen molar-refractivity contribution in [3.8, 4) is 5.69 Å². The quantitative estimate of drug-likeness (QED) is 0.815. The molecule has 1 aromatic heterocycles. The Balaban J connectivity index is 1.94. The third kappa shape index (κ3) is 3.29. The fourth-order valence-electron chi connectivity index (χ4n) is 3.12. The topological polar surface area (TPSA) is 53.2 Å². The number of ether oxygens (including phenoxy) is 1. The van der Waals surface area contributed by atoms with Gasteiger partial charge in [-0.2, -0.15) is 0 Å². The van der Waals surface area contributed by atoms with Crippen LogP contribution < -0.4 is 11.1 Å². The van der Waals surface area contributed by atoms with Crippen LogP contribution in [0.3, 0.4) is 0 Å². The fraction of sp³-hybridized carbons (Fsp3) is 0.444. The second-order valence-electron chi connectivity index (χ2n) is 6.28. The summed E-state index contributed by atoms with van der Waals surface area (Å²) in [6, 6.07) is 5.84. The summed E-state index contributed by atoms with van der Waals surface area (Å²) in [6.45, 7) is 6.01. The molecule has 122 valence electrons. The first-order valence-electron chi connectivity index (χ1n) is 8.04. The normalized spacial score (nSPS) is 15.7. The Morgan fingerprint density at radius 3 is 2.52 bits per heavy atom. The highest BCUT2D eigenvalue weighted by Gasteiger charge is 2.16. The van der Waals surface area contributed by atoms with Crippen LogP contribution in [0.25, 0.3) is 5.69 Å². The average molecular weight is 314 g/mol. The average Bonchev–Trinajstić information content (AvgIpc) is 2.54. The van der Waals surface area contributed by atoms with Gasteiger partial charge in [0.05, 0.1) is 5.69 Å². The van der Waals surface area contributed by atoms with Crippen LogP contribution in [0.4, 0.5) is 0 Å². The monoisotopic (exact) mass is 314 g/mol. The zero-order valence-corrected chi connectivity index (χ0v) is 13.6. The van der Waals surface area contributed by atoms with Crippen molar-refractivity contribution < 1.29 is 4.74 Å². The van der Waals surface area contributed by atoms with E-state index >= 15 is 0 Å². The second-order valence-corrected chi connectivity index (χ2v) is 6.28. The van der Waals surface area contributed by atoms with Gasteiger partial charge in [-0.15, -0.1) is 0 Å². The van der Waals surface area contributed by atoms with E-state index in [1.54, 1.807) is 17.0 Å². The Bertz CT molecular complexity index is 814. The largest absolute Gasteiger partial charge is 0.381 e. The van der Waals surface area contributed by atoms with E-state index in [-0.39, 0.29) is 0 Å². The molecule has 5 heteroatoms. The minimum atomic E-state index is -0.494. The van der Waals surface area contributed by atoms with Crippen LogP contribution in [0.5, 0.6) is 0 Å². The molecule has 0 unspecified atom stereocenters. The van der Waals surface area contributed by atoms with E-state index in [1.807, 2.05) is 32.0 Å². The number of nitrogens with zero attached hydrogens (tertiary/aromatic N) is 2. The lowest BCUT2D eigenvalue weighted by molar-refractivity contribution is 0.0609. The van der Waals surface area contributed by atoms with E-state index in [4.69, 9.17) is 4.74 Å². The predicted molar refractivity (Wildman–Crippen MR) is 89.3 cm³/mol. The molecule has 1 saturated heterocycles. The Hall–Kier alpha value is -2.14. The van der Waals surface area contributed by atoms with E-state index in [2.05, 4.69) is 0 Å². The molecule has 1 aliphatic rings. The molecule has 0 N–H and O–H groups in total. The maximum absolute atomic E-state index is 12.5. The van der Waals surface area contributed by atoms with Gasteiger partial charge >= 0.3 is 11.1 Å². The van der Waals surface area contributed by atoms with Gasteiger partial charge in [0.25, 0.3) is 0 Å². The van der Waals surface area contributed by atoms with Gasteiger partial charge in [0.15, 0.2) is 0 Å². The number of rotatable bonds is 3. The molecule has 1 aliphatic heterocycles. The predicted octanol–water partition coefficient (Wildman–Crippen LogP) is 2.04. The summed E-state index contributed by atoms with van der Waals surface area (Å²) in [6.07, 6.45) is 5.29. The first-order chi connectivity index (χ1) is 11.1. The lowest BCUT2D eigenvalue weighted by Crippen LogP contribution is -2.41. The molecule has 0 radical (unpaired) electrons. The molecular formula is C18H22N2O3. The first kappa shape index (κ1) is 15.7. The minimum absolute atomic E-state index is 0.401. The maximum atomic E-state index is 12.5. The molecule has 0 atom stereocenters. The van der Waals surface area contributed by atoms with Crippen molar-refractivity contribution in [3.05, 3.63) is 62.4 Å². The zero-order chi connectivity index (χ0) is 16.4. The van der Waals surface area contributed by atoms with E-state index in [9.17, 15) is 9.59 Å². The highest BCUT2D eigenvalue weighted by molar-refractivity contribution is 5.42. The van der Waals surface area contributed by atoms with E-state index in [0.29, 0.717) is 12.5 Å². The number of hydrogen-bond acceptors (Lipinski definition) is 3. The summed E-state index contributed by atoms with van der Waals surface area (Å²) in [4.78, 5) is 24.9. The van der Waals surface area contributed by atoms with Crippen LogP contribution in [0.15, 0.2) is 40.2 Å². The van der Waals surface area contributed by atoms with Crippen LogP contribution >= 0.6 is 0 Å². The van der Waals surface area contributed by atoms with E-state index < -0.39 is 11.1 Å². The van der Waals surface area contributed by atoms with Gasteiger partial charge in [-0.25, -0.2) is 0 Å². The van der Waals surface area contributed by atoms with Crippen LogP contribution in [-0.2, 0) is 11.3 Å². The Morgan fingerprint density at radius 1 is 1.09 bits per heavy atom. The molecule has 2 aromatic rings. The number of aryl methyl sites for hydroxylation is 2. The Morgan fingerprint density at radius 2 is 1.83 bits per heavy atom. The molecule has 2 heterocycles. The van der Waals surface area contributed by atoms with Gasteiger partial charge in [0, 0.05) is 32.2 Å². The fourth-order valence-corrected chi connectivity index (χ4v) is 3.12. The lowest BCUT2D eigenvalue weighted by atomic mass is 10.0. The molecular weight excluding hydrogens is 292 g/mol. The Kier molecular flexibility index (Phi) is 4.48. The molecule has 1 fully saturated rings. The van der Waals surface area contributed by atoms with Gasteiger partial charge in [-0.1, -0.05) is 17.7 Å². The van der Waals surface area contributed by atoms with Crippen molar-refractivity contribution in [2.45, 2.75) is 33.2 Å². The van der Waals surface area contributed by atoms with E-state index in [1.165, 1.54) is 4.57 Å². The lowest BCUT2D eigenvalue weighted by Gasteiger charge is -2.22. The summed E-state index contributed by atoms with van der Waals surface area (Å²) in [5, 5.41) is 0. The van der Waals surface area contributed by atoms with Crippen LogP contribution in [0.2, 0.25) is 0 Å². The molecule has 3 rings (SSSR count). The number of benzene rings is 1. The summed E-state index contributed by atoms with van der Waals surface area (Å²) in [7, 11) is 0. The van der Waals surface area contributed by atoms with Gasteiger partial charge in [-0.3, -0.25) is 14.2 Å². The standard InChI is InChI=1S/C18H22N2O3/c1-13-3-4-16(14(2)11-13)20-8-7-19(17(21)18(20)22)12-15-5-9-23-10-6-15/h3-4,7-8,11,15H,5-6,9-10,12H2,1-2H3. The van der Waals surface area contributed by atoms with E-state index in [0.717, 1.165) is 42.9 Å². The molecule has 0 amide bonds. The van der Waals surface area contributed by atoms with Crippen LogP contribution in [0, 0.1) is 19.8 Å². The maximum Gasteiger partial charge on any atom is 0.320 e. The summed E-state index contributed by atoms with van der Waals surface area (Å²) < 4.78 is 8.32. The molecule has 0 saturated carbocycles. The highest BCUT2D eigenvalue weighted by atomic mass is 16.5. The smallest absolute Gasteiger partial charge is 0.320 e. The summed E-state index contributed by atoms with van der Waals surface area (Å²) in [5.41, 5.74) is 1.92. The Labute approximate surface area is 135 Å². The third-order valence-electron chi connectivity index (χ3n) is 4.47. The van der Waals surface area contributed by atoms with Crippen molar-refractivity contribution >= 4 is 0 Å². The third-order valence-corrected chi connectivity index (χ3v) is 4.47. The second kappa shape index (κ2) is 6.54. The van der Waals surface area contributed by atoms with Gasteiger partial charge in [-0.05, 0) is 44.2 Å². The van der Waals surface area contributed by atoms with Crippen molar-refractivity contribution in [1.29, 1.82) is 0 Å². The molecule has 0 bridgehead atoms. The molecule has 0 spiro atoms. The van der Waals surface area contributed by atoms with Crippen molar-refractivity contribution in [2.24, 2.45) is 5.92 Å². The number of aromatic nitrogens is 2. The van der Waals surface area contributed by atoms with Gasteiger partial charge < -0.3 is 9.30 Å². The highest BCUT2D eigenvalue weighted by Crippen LogP contribution is 2.16. The van der Waals surface area contributed by atoms with Crippen molar-refractivity contribution in [3.63, 3.8) is 0 Å². The molecule has 1 aromatic carbocycles. The zero-order valence-electron chi connectivity index (χ0n) is 13.6.